The van der Waals surface area contributed by atoms with Crippen molar-refractivity contribution in [2.45, 2.75) is 12.8 Å². The van der Waals surface area contributed by atoms with Crippen LogP contribution in [0.4, 0.5) is 11.4 Å². The summed E-state index contributed by atoms with van der Waals surface area (Å²) < 4.78 is 5.20. The molecule has 0 unspecified atom stereocenters. The summed E-state index contributed by atoms with van der Waals surface area (Å²) in [5.41, 5.74) is 1.20. The van der Waals surface area contributed by atoms with Crippen molar-refractivity contribution in [3.63, 3.8) is 0 Å². The number of piperidine rings is 1. The second kappa shape index (κ2) is 5.82. The number of benzene rings is 1. The Kier molecular flexibility index (Phi) is 4.15. The van der Waals surface area contributed by atoms with Crippen molar-refractivity contribution in [3.05, 3.63) is 34.4 Å². The number of hydrogen-bond donors (Lipinski definition) is 0. The zero-order chi connectivity index (χ0) is 13.0. The van der Waals surface area contributed by atoms with Crippen LogP contribution >= 0.6 is 0 Å². The number of nitrogens with zero attached hydrogens (tertiary/aromatic N) is 2. The number of hydrogen-bond acceptors (Lipinski definition) is 4. The lowest BCUT2D eigenvalue weighted by molar-refractivity contribution is -0.384. The fraction of sp³-hybridized carbons (Fsp3) is 0.538. The summed E-state index contributed by atoms with van der Waals surface area (Å²) in [6.07, 6.45) is 2.34. The Balaban J connectivity index is 2.04. The van der Waals surface area contributed by atoms with Crippen LogP contribution in [0.1, 0.15) is 12.8 Å². The normalized spacial score (nSPS) is 19.8. The fourth-order valence-electron chi connectivity index (χ4n) is 2.46. The zero-order valence-electron chi connectivity index (χ0n) is 10.5. The molecule has 0 radical (unpaired) electrons. The average Bonchev–Trinajstić information content (AvgIpc) is 2.39. The molecule has 0 saturated carbocycles. The maximum Gasteiger partial charge on any atom is 0.269 e. The van der Waals surface area contributed by atoms with Crippen molar-refractivity contribution in [3.8, 4) is 0 Å². The molecule has 0 amide bonds. The molecule has 1 fully saturated rings. The molecule has 2 rings (SSSR count). The molecule has 1 aromatic rings. The summed E-state index contributed by atoms with van der Waals surface area (Å²) >= 11 is 0. The molecule has 1 heterocycles. The highest BCUT2D eigenvalue weighted by Crippen LogP contribution is 2.25. The highest BCUT2D eigenvalue weighted by Gasteiger charge is 2.20. The summed E-state index contributed by atoms with van der Waals surface area (Å²) in [6.45, 7) is 2.76. The fourth-order valence-corrected chi connectivity index (χ4v) is 2.46. The standard InChI is InChI=1S/C13H18N2O3/c1-18-10-11-3-2-8-14(9-11)12-4-6-13(7-5-12)15(16)17/h4-7,11H,2-3,8-10H2,1H3/t11-/m1/s1. The van der Waals surface area contributed by atoms with Crippen molar-refractivity contribution in [1.82, 2.24) is 0 Å². The number of rotatable bonds is 4. The van der Waals surface area contributed by atoms with E-state index in [-0.39, 0.29) is 10.6 Å². The SMILES string of the molecule is COC[C@@H]1CCCN(c2ccc([N+](=O)[O-])cc2)C1. The molecule has 5 heteroatoms. The first kappa shape index (κ1) is 12.8. The lowest BCUT2D eigenvalue weighted by Crippen LogP contribution is -2.37. The van der Waals surface area contributed by atoms with Gasteiger partial charge in [0.2, 0.25) is 0 Å². The van der Waals surface area contributed by atoms with Crippen LogP contribution in [-0.2, 0) is 4.74 Å². The summed E-state index contributed by atoms with van der Waals surface area (Å²) in [5, 5.41) is 10.6. The topological polar surface area (TPSA) is 55.6 Å². The average molecular weight is 250 g/mol. The van der Waals surface area contributed by atoms with E-state index in [0.717, 1.165) is 31.8 Å². The molecular weight excluding hydrogens is 232 g/mol. The molecule has 98 valence electrons. The Morgan fingerprint density at radius 3 is 2.78 bits per heavy atom. The van der Waals surface area contributed by atoms with Crippen LogP contribution in [0.5, 0.6) is 0 Å². The van der Waals surface area contributed by atoms with Gasteiger partial charge in [-0.2, -0.15) is 0 Å². The van der Waals surface area contributed by atoms with Crippen molar-refractivity contribution in [1.29, 1.82) is 0 Å². The van der Waals surface area contributed by atoms with Crippen molar-refractivity contribution in [2.24, 2.45) is 5.92 Å². The van der Waals surface area contributed by atoms with Crippen LogP contribution < -0.4 is 4.90 Å². The Morgan fingerprint density at radius 2 is 2.17 bits per heavy atom. The number of nitro groups is 1. The maximum atomic E-state index is 10.6. The van der Waals surface area contributed by atoms with Crippen LogP contribution in [0.25, 0.3) is 0 Å². The molecule has 18 heavy (non-hydrogen) atoms. The van der Waals surface area contributed by atoms with E-state index in [2.05, 4.69) is 4.90 Å². The van der Waals surface area contributed by atoms with Gasteiger partial charge in [-0.05, 0) is 30.9 Å². The second-order valence-corrected chi connectivity index (χ2v) is 4.68. The number of methoxy groups -OCH3 is 1. The number of anilines is 1. The molecule has 0 aliphatic carbocycles. The van der Waals surface area contributed by atoms with Gasteiger partial charge in [-0.25, -0.2) is 0 Å². The van der Waals surface area contributed by atoms with E-state index in [4.69, 9.17) is 4.74 Å². The molecule has 1 aliphatic heterocycles. The third-order valence-electron chi connectivity index (χ3n) is 3.35. The molecule has 1 saturated heterocycles. The van der Waals surface area contributed by atoms with E-state index in [1.54, 1.807) is 19.2 Å². The van der Waals surface area contributed by atoms with Gasteiger partial charge in [0.15, 0.2) is 0 Å². The first-order valence-electron chi connectivity index (χ1n) is 6.19. The first-order valence-corrected chi connectivity index (χ1v) is 6.19. The molecule has 1 aliphatic rings. The third kappa shape index (κ3) is 2.98. The molecular formula is C13H18N2O3. The van der Waals surface area contributed by atoms with E-state index >= 15 is 0 Å². The van der Waals surface area contributed by atoms with Gasteiger partial charge in [-0.1, -0.05) is 0 Å². The zero-order valence-corrected chi connectivity index (χ0v) is 10.5. The minimum Gasteiger partial charge on any atom is -0.384 e. The van der Waals surface area contributed by atoms with E-state index < -0.39 is 0 Å². The Hall–Kier alpha value is -1.62. The summed E-state index contributed by atoms with van der Waals surface area (Å²) in [5.74, 6) is 0.555. The van der Waals surface area contributed by atoms with Gasteiger partial charge in [0.05, 0.1) is 11.5 Å². The Labute approximate surface area is 107 Å². The molecule has 1 aromatic carbocycles. The second-order valence-electron chi connectivity index (χ2n) is 4.68. The number of nitro benzene ring substituents is 1. The summed E-state index contributed by atoms with van der Waals surface area (Å²) in [7, 11) is 1.73. The van der Waals surface area contributed by atoms with Gasteiger partial charge in [-0.15, -0.1) is 0 Å². The van der Waals surface area contributed by atoms with Gasteiger partial charge in [0.25, 0.3) is 5.69 Å². The minimum absolute atomic E-state index is 0.143. The van der Waals surface area contributed by atoms with Gasteiger partial charge in [0, 0.05) is 38.0 Å². The Bertz CT molecular complexity index is 403. The van der Waals surface area contributed by atoms with Crippen LogP contribution in [0.2, 0.25) is 0 Å². The van der Waals surface area contributed by atoms with Crippen molar-refractivity contribution in [2.75, 3.05) is 31.7 Å². The summed E-state index contributed by atoms with van der Waals surface area (Å²) in [4.78, 5) is 12.5. The smallest absolute Gasteiger partial charge is 0.269 e. The predicted molar refractivity (Wildman–Crippen MR) is 69.9 cm³/mol. The maximum absolute atomic E-state index is 10.6. The minimum atomic E-state index is -0.367. The molecule has 0 spiro atoms. The monoisotopic (exact) mass is 250 g/mol. The van der Waals surface area contributed by atoms with E-state index in [9.17, 15) is 10.1 Å². The Morgan fingerprint density at radius 1 is 1.44 bits per heavy atom. The van der Waals surface area contributed by atoms with E-state index in [1.807, 2.05) is 12.1 Å². The lowest BCUT2D eigenvalue weighted by Gasteiger charge is -2.34. The number of non-ortho nitro benzene ring substituents is 1. The first-order chi connectivity index (χ1) is 8.70. The van der Waals surface area contributed by atoms with Crippen molar-refractivity contribution < 1.29 is 9.66 Å². The molecule has 1 atom stereocenters. The van der Waals surface area contributed by atoms with Crippen LogP contribution in [-0.4, -0.2) is 31.7 Å². The van der Waals surface area contributed by atoms with E-state index in [1.165, 1.54) is 6.42 Å². The van der Waals surface area contributed by atoms with Crippen LogP contribution in [0.3, 0.4) is 0 Å². The lowest BCUT2D eigenvalue weighted by atomic mass is 9.98. The largest absolute Gasteiger partial charge is 0.384 e. The predicted octanol–water partition coefficient (Wildman–Crippen LogP) is 2.46. The highest BCUT2D eigenvalue weighted by molar-refractivity contribution is 5.51. The van der Waals surface area contributed by atoms with Crippen LogP contribution in [0.15, 0.2) is 24.3 Å². The molecule has 0 aromatic heterocycles. The third-order valence-corrected chi connectivity index (χ3v) is 3.35. The quantitative estimate of drug-likeness (QED) is 0.608. The molecule has 0 bridgehead atoms. The van der Waals surface area contributed by atoms with Gasteiger partial charge in [0.1, 0.15) is 0 Å². The van der Waals surface area contributed by atoms with Gasteiger partial charge >= 0.3 is 0 Å². The molecule has 5 nitrogen and oxygen atoms in total. The summed E-state index contributed by atoms with van der Waals surface area (Å²) in [6, 6.07) is 6.78. The van der Waals surface area contributed by atoms with Crippen LogP contribution in [0, 0.1) is 16.0 Å². The van der Waals surface area contributed by atoms with Crippen molar-refractivity contribution >= 4 is 11.4 Å². The van der Waals surface area contributed by atoms with E-state index in [0.29, 0.717) is 5.92 Å². The van der Waals surface area contributed by atoms with Gasteiger partial charge < -0.3 is 9.64 Å². The van der Waals surface area contributed by atoms with Gasteiger partial charge in [-0.3, -0.25) is 10.1 Å². The number of ether oxygens (including phenoxy) is 1. The highest BCUT2D eigenvalue weighted by atomic mass is 16.6. The molecule has 0 N–H and O–H groups in total.